The molecule has 4 N–H and O–H groups in total. The molecule has 0 fully saturated rings. The maximum atomic E-state index is 11.1. The monoisotopic (exact) mass is 288 g/mol. The van der Waals surface area contributed by atoms with Gasteiger partial charge in [0, 0.05) is 0 Å². The van der Waals surface area contributed by atoms with Crippen molar-refractivity contribution in [3.8, 4) is 22.6 Å². The summed E-state index contributed by atoms with van der Waals surface area (Å²) < 4.78 is 0. The van der Waals surface area contributed by atoms with Gasteiger partial charge in [-0.25, -0.2) is 9.59 Å². The van der Waals surface area contributed by atoms with E-state index in [0.717, 1.165) is 0 Å². The summed E-state index contributed by atoms with van der Waals surface area (Å²) in [4.78, 5) is 22.1. The first-order valence-electron chi connectivity index (χ1n) is 5.95. The number of aromatic carboxylic acids is 2. The van der Waals surface area contributed by atoms with Gasteiger partial charge in [-0.05, 0) is 47.9 Å². The highest BCUT2D eigenvalue weighted by molar-refractivity contribution is 5.95. The second-order valence-electron chi connectivity index (χ2n) is 4.53. The molecular weight excluding hydrogens is 276 g/mol. The zero-order valence-electron chi connectivity index (χ0n) is 11.0. The van der Waals surface area contributed by atoms with Crippen molar-refractivity contribution in [3.63, 3.8) is 0 Å². The van der Waals surface area contributed by atoms with Gasteiger partial charge in [0.2, 0.25) is 0 Å². The van der Waals surface area contributed by atoms with Gasteiger partial charge in [0.1, 0.15) is 22.6 Å². The van der Waals surface area contributed by atoms with Crippen molar-refractivity contribution in [1.82, 2.24) is 0 Å². The van der Waals surface area contributed by atoms with Gasteiger partial charge in [-0.15, -0.1) is 0 Å². The normalized spacial score (nSPS) is 10.3. The van der Waals surface area contributed by atoms with Crippen LogP contribution < -0.4 is 0 Å². The van der Waals surface area contributed by atoms with Gasteiger partial charge in [-0.1, -0.05) is 6.07 Å². The quantitative estimate of drug-likeness (QED) is 0.689. The van der Waals surface area contributed by atoms with Gasteiger partial charge in [-0.3, -0.25) is 0 Å². The van der Waals surface area contributed by atoms with Crippen LogP contribution >= 0.6 is 0 Å². The molecule has 0 amide bonds. The third-order valence-corrected chi connectivity index (χ3v) is 3.11. The minimum atomic E-state index is -1.29. The number of hydrogen-bond donors (Lipinski definition) is 4. The summed E-state index contributed by atoms with van der Waals surface area (Å²) in [7, 11) is 0. The van der Waals surface area contributed by atoms with Crippen LogP contribution in [0, 0.1) is 6.92 Å². The molecule has 2 rings (SSSR count). The van der Waals surface area contributed by atoms with Crippen molar-refractivity contribution < 1.29 is 30.0 Å². The van der Waals surface area contributed by atoms with Crippen LogP contribution in [0.4, 0.5) is 0 Å². The number of benzene rings is 2. The first-order valence-corrected chi connectivity index (χ1v) is 5.95. The van der Waals surface area contributed by atoms with Gasteiger partial charge in [-0.2, -0.15) is 0 Å². The van der Waals surface area contributed by atoms with Crippen molar-refractivity contribution in [2.75, 3.05) is 0 Å². The highest BCUT2D eigenvalue weighted by Gasteiger charge is 2.16. The Hall–Kier alpha value is -3.02. The van der Waals surface area contributed by atoms with E-state index >= 15 is 0 Å². The molecule has 0 bridgehead atoms. The van der Waals surface area contributed by atoms with Crippen LogP contribution in [0.1, 0.15) is 26.3 Å². The number of rotatable bonds is 3. The standard InChI is InChI=1S/C15H12O6/c1-7-4-13(17)11(15(20)21)6-9(7)8-2-3-12(16)10(5-8)14(18)19/h2-6,16-17H,1H3,(H,18,19)(H,20,21). The van der Waals surface area contributed by atoms with Crippen LogP contribution in [-0.2, 0) is 0 Å². The Kier molecular flexibility index (Phi) is 3.54. The van der Waals surface area contributed by atoms with E-state index in [-0.39, 0.29) is 22.6 Å². The molecule has 0 aliphatic heterocycles. The molecule has 108 valence electrons. The smallest absolute Gasteiger partial charge is 0.339 e. The van der Waals surface area contributed by atoms with E-state index in [9.17, 15) is 19.8 Å². The van der Waals surface area contributed by atoms with Crippen molar-refractivity contribution >= 4 is 11.9 Å². The molecule has 0 atom stereocenters. The zero-order valence-corrected chi connectivity index (χ0v) is 11.0. The Morgan fingerprint density at radius 2 is 1.43 bits per heavy atom. The summed E-state index contributed by atoms with van der Waals surface area (Å²) in [6, 6.07) is 6.53. The van der Waals surface area contributed by atoms with E-state index in [0.29, 0.717) is 16.7 Å². The van der Waals surface area contributed by atoms with E-state index in [2.05, 4.69) is 0 Å². The van der Waals surface area contributed by atoms with Gasteiger partial charge >= 0.3 is 11.9 Å². The van der Waals surface area contributed by atoms with Crippen LogP contribution in [0.3, 0.4) is 0 Å². The van der Waals surface area contributed by atoms with Crippen LogP contribution in [-0.4, -0.2) is 32.4 Å². The van der Waals surface area contributed by atoms with E-state index in [4.69, 9.17) is 10.2 Å². The minimum absolute atomic E-state index is 0.277. The molecule has 6 nitrogen and oxygen atoms in total. The van der Waals surface area contributed by atoms with Gasteiger partial charge in [0.05, 0.1) is 0 Å². The highest BCUT2D eigenvalue weighted by atomic mass is 16.4. The molecule has 6 heteroatoms. The SMILES string of the molecule is Cc1cc(O)c(C(=O)O)cc1-c1ccc(O)c(C(=O)O)c1. The van der Waals surface area contributed by atoms with E-state index in [1.54, 1.807) is 6.92 Å². The number of carboxylic acids is 2. The number of phenols is 2. The lowest BCUT2D eigenvalue weighted by Gasteiger charge is -2.10. The number of carbonyl (C=O) groups is 2. The van der Waals surface area contributed by atoms with Crippen LogP contribution in [0.15, 0.2) is 30.3 Å². The molecule has 0 aromatic heterocycles. The first kappa shape index (κ1) is 14.4. The molecule has 2 aromatic rings. The van der Waals surface area contributed by atoms with Crippen LogP contribution in [0.5, 0.6) is 11.5 Å². The first-order chi connectivity index (χ1) is 9.81. The second-order valence-corrected chi connectivity index (χ2v) is 4.53. The lowest BCUT2D eigenvalue weighted by atomic mass is 9.96. The Bertz CT molecular complexity index is 748. The Morgan fingerprint density at radius 1 is 0.857 bits per heavy atom. The van der Waals surface area contributed by atoms with Gasteiger partial charge in [0.25, 0.3) is 0 Å². The number of aromatic hydroxyl groups is 2. The maximum absolute atomic E-state index is 11.1. The average molecular weight is 288 g/mol. The second kappa shape index (κ2) is 5.16. The summed E-state index contributed by atoms with van der Waals surface area (Å²) in [5.41, 5.74) is 0.926. The molecule has 0 unspecified atom stereocenters. The molecule has 0 spiro atoms. The van der Waals surface area contributed by atoms with Crippen LogP contribution in [0.25, 0.3) is 11.1 Å². The third kappa shape index (κ3) is 2.64. The summed E-state index contributed by atoms with van der Waals surface area (Å²) in [6.07, 6.45) is 0. The van der Waals surface area contributed by atoms with Gasteiger partial charge in [0.15, 0.2) is 0 Å². The summed E-state index contributed by atoms with van der Waals surface area (Å²) >= 11 is 0. The summed E-state index contributed by atoms with van der Waals surface area (Å²) in [6.45, 7) is 1.66. The van der Waals surface area contributed by atoms with Crippen molar-refractivity contribution in [1.29, 1.82) is 0 Å². The van der Waals surface area contributed by atoms with Crippen molar-refractivity contribution in [2.45, 2.75) is 6.92 Å². The Balaban J connectivity index is 2.67. The van der Waals surface area contributed by atoms with E-state index in [1.807, 2.05) is 0 Å². The van der Waals surface area contributed by atoms with Crippen molar-refractivity contribution in [3.05, 3.63) is 47.0 Å². The molecule has 0 saturated carbocycles. The minimum Gasteiger partial charge on any atom is -0.507 e. The lowest BCUT2D eigenvalue weighted by Crippen LogP contribution is -2.00. The molecule has 2 aromatic carbocycles. The Labute approximate surface area is 119 Å². The molecule has 21 heavy (non-hydrogen) atoms. The third-order valence-electron chi connectivity index (χ3n) is 3.11. The molecular formula is C15H12O6. The van der Waals surface area contributed by atoms with E-state index < -0.39 is 11.9 Å². The summed E-state index contributed by atoms with van der Waals surface area (Å²) in [5.74, 6) is -3.31. The Morgan fingerprint density at radius 3 is 2.00 bits per heavy atom. The fraction of sp³-hybridized carbons (Fsp3) is 0.0667. The fourth-order valence-corrected chi connectivity index (χ4v) is 2.05. The molecule has 0 saturated heterocycles. The maximum Gasteiger partial charge on any atom is 0.339 e. The molecule has 0 radical (unpaired) electrons. The fourth-order valence-electron chi connectivity index (χ4n) is 2.05. The number of aryl methyl sites for hydroxylation is 1. The topological polar surface area (TPSA) is 115 Å². The predicted molar refractivity (Wildman–Crippen MR) is 73.9 cm³/mol. The molecule has 0 aliphatic rings. The predicted octanol–water partition coefficient (Wildman–Crippen LogP) is 2.47. The largest absolute Gasteiger partial charge is 0.507 e. The number of carboxylic acid groups (broad SMARTS) is 2. The van der Waals surface area contributed by atoms with E-state index in [1.165, 1.54) is 30.3 Å². The van der Waals surface area contributed by atoms with Crippen LogP contribution in [0.2, 0.25) is 0 Å². The molecule has 0 heterocycles. The van der Waals surface area contributed by atoms with Crippen molar-refractivity contribution in [2.24, 2.45) is 0 Å². The van der Waals surface area contributed by atoms with Gasteiger partial charge < -0.3 is 20.4 Å². The lowest BCUT2D eigenvalue weighted by molar-refractivity contribution is 0.0682. The summed E-state index contributed by atoms with van der Waals surface area (Å²) in [5, 5.41) is 37.1. The highest BCUT2D eigenvalue weighted by Crippen LogP contribution is 2.32. The number of hydrogen-bond acceptors (Lipinski definition) is 4. The average Bonchev–Trinajstić information content (AvgIpc) is 2.39. The zero-order chi connectivity index (χ0) is 15.7. The molecule has 0 aliphatic carbocycles.